The summed E-state index contributed by atoms with van der Waals surface area (Å²) in [5.41, 5.74) is 2.86. The van der Waals surface area contributed by atoms with Crippen molar-refractivity contribution >= 4 is 11.5 Å². The van der Waals surface area contributed by atoms with Crippen molar-refractivity contribution in [1.82, 2.24) is 0 Å². The molecule has 17 heavy (non-hydrogen) atoms. The molecule has 0 bridgehead atoms. The van der Waals surface area contributed by atoms with Gasteiger partial charge in [0.1, 0.15) is 0 Å². The van der Waals surface area contributed by atoms with Crippen molar-refractivity contribution in [3.05, 3.63) is 41.0 Å². The molecule has 0 atom stereocenters. The zero-order chi connectivity index (χ0) is 12.8. The molecule has 0 saturated heterocycles. The molecule has 3 nitrogen and oxygen atoms in total. The first kappa shape index (κ1) is 13.0. The summed E-state index contributed by atoms with van der Waals surface area (Å²) in [4.78, 5) is 11.6. The van der Waals surface area contributed by atoms with Gasteiger partial charge in [-0.3, -0.25) is 0 Å². The normalized spacial score (nSPS) is 11.4. The molecule has 0 aliphatic carbocycles. The van der Waals surface area contributed by atoms with E-state index in [4.69, 9.17) is 10.00 Å². The molecular formula is C14H15NO2. The molecule has 0 fully saturated rings. The van der Waals surface area contributed by atoms with E-state index in [9.17, 15) is 4.79 Å². The molecule has 0 aromatic heterocycles. The average molecular weight is 229 g/mol. The molecule has 0 unspecified atom stereocenters. The molecule has 0 N–H and O–H groups in total. The van der Waals surface area contributed by atoms with E-state index in [0.717, 1.165) is 11.1 Å². The van der Waals surface area contributed by atoms with Gasteiger partial charge in [0.2, 0.25) is 0 Å². The maximum Gasteiger partial charge on any atom is 0.333 e. The zero-order valence-electron chi connectivity index (χ0n) is 10.3. The first-order chi connectivity index (χ1) is 8.10. The van der Waals surface area contributed by atoms with Gasteiger partial charge in [-0.1, -0.05) is 12.1 Å². The maximum absolute atomic E-state index is 11.6. The van der Waals surface area contributed by atoms with Crippen LogP contribution in [0.3, 0.4) is 0 Å². The summed E-state index contributed by atoms with van der Waals surface area (Å²) < 4.78 is 4.94. The van der Waals surface area contributed by atoms with Gasteiger partial charge in [0.25, 0.3) is 0 Å². The standard InChI is InChI=1S/C14H15NO2/c1-4-17-14(16)11(3)10(2)13-7-5-6-12(8-13)9-15/h5-8H,4H2,1-3H3. The Balaban J connectivity index is 3.10. The predicted octanol–water partition coefficient (Wildman–Crippen LogP) is 2.91. The van der Waals surface area contributed by atoms with Crippen LogP contribution in [0.4, 0.5) is 0 Å². The van der Waals surface area contributed by atoms with Crippen LogP contribution >= 0.6 is 0 Å². The number of hydrogen-bond donors (Lipinski definition) is 0. The van der Waals surface area contributed by atoms with Crippen molar-refractivity contribution in [3.8, 4) is 6.07 Å². The number of nitrogens with zero attached hydrogens (tertiary/aromatic N) is 1. The number of hydrogen-bond acceptors (Lipinski definition) is 3. The Labute approximate surface area is 101 Å². The van der Waals surface area contributed by atoms with E-state index >= 15 is 0 Å². The van der Waals surface area contributed by atoms with Gasteiger partial charge in [-0.2, -0.15) is 5.26 Å². The molecular weight excluding hydrogens is 214 g/mol. The lowest BCUT2D eigenvalue weighted by Gasteiger charge is -2.07. The molecule has 0 aliphatic rings. The van der Waals surface area contributed by atoms with Crippen molar-refractivity contribution in [2.24, 2.45) is 0 Å². The summed E-state index contributed by atoms with van der Waals surface area (Å²) in [5.74, 6) is -0.313. The third-order valence-electron chi connectivity index (χ3n) is 2.57. The molecule has 0 spiro atoms. The van der Waals surface area contributed by atoms with Crippen molar-refractivity contribution in [1.29, 1.82) is 5.26 Å². The van der Waals surface area contributed by atoms with Crippen LogP contribution in [0.25, 0.3) is 5.57 Å². The number of nitriles is 1. The number of allylic oxidation sites excluding steroid dienone is 1. The number of carbonyl (C=O) groups is 1. The second-order valence-corrected chi connectivity index (χ2v) is 3.66. The van der Waals surface area contributed by atoms with Crippen LogP contribution in [-0.2, 0) is 9.53 Å². The summed E-state index contributed by atoms with van der Waals surface area (Å²) in [6, 6.07) is 9.25. The third kappa shape index (κ3) is 3.18. The van der Waals surface area contributed by atoms with Gasteiger partial charge in [0.15, 0.2) is 0 Å². The van der Waals surface area contributed by atoms with Crippen LogP contribution in [0, 0.1) is 11.3 Å². The van der Waals surface area contributed by atoms with Gasteiger partial charge in [-0.15, -0.1) is 0 Å². The molecule has 0 radical (unpaired) electrons. The van der Waals surface area contributed by atoms with Crippen LogP contribution in [0.15, 0.2) is 29.8 Å². The summed E-state index contributed by atoms with van der Waals surface area (Å²) >= 11 is 0. The molecule has 0 saturated carbocycles. The Morgan fingerprint density at radius 1 is 1.41 bits per heavy atom. The molecule has 88 valence electrons. The molecule has 1 aromatic carbocycles. The molecule has 3 heteroatoms. The van der Waals surface area contributed by atoms with Gasteiger partial charge in [-0.25, -0.2) is 4.79 Å². The van der Waals surface area contributed by atoms with Crippen LogP contribution in [-0.4, -0.2) is 12.6 Å². The van der Waals surface area contributed by atoms with Crippen LogP contribution < -0.4 is 0 Å². The number of ether oxygens (including phenoxy) is 1. The highest BCUT2D eigenvalue weighted by atomic mass is 16.5. The predicted molar refractivity (Wildman–Crippen MR) is 66.1 cm³/mol. The van der Waals surface area contributed by atoms with Crippen LogP contribution in [0.2, 0.25) is 0 Å². The Morgan fingerprint density at radius 2 is 2.12 bits per heavy atom. The Morgan fingerprint density at radius 3 is 2.71 bits per heavy atom. The minimum absolute atomic E-state index is 0.313. The Bertz CT molecular complexity index is 495. The van der Waals surface area contributed by atoms with E-state index in [1.54, 1.807) is 32.0 Å². The number of carbonyl (C=O) groups excluding carboxylic acids is 1. The monoisotopic (exact) mass is 229 g/mol. The number of benzene rings is 1. The van der Waals surface area contributed by atoms with Gasteiger partial charge in [0, 0.05) is 5.57 Å². The fourth-order valence-corrected chi connectivity index (χ4v) is 1.43. The van der Waals surface area contributed by atoms with E-state index in [1.807, 2.05) is 13.0 Å². The average Bonchev–Trinajstić information content (AvgIpc) is 2.37. The van der Waals surface area contributed by atoms with Crippen molar-refractivity contribution in [3.63, 3.8) is 0 Å². The second kappa shape index (κ2) is 5.86. The summed E-state index contributed by atoms with van der Waals surface area (Å²) in [6.07, 6.45) is 0. The zero-order valence-corrected chi connectivity index (χ0v) is 10.3. The second-order valence-electron chi connectivity index (χ2n) is 3.66. The molecule has 1 rings (SSSR count). The summed E-state index contributed by atoms with van der Waals surface area (Å²) in [7, 11) is 0. The molecule has 0 heterocycles. The quantitative estimate of drug-likeness (QED) is 0.591. The Hall–Kier alpha value is -2.08. The number of rotatable bonds is 3. The van der Waals surface area contributed by atoms with Crippen LogP contribution in [0.5, 0.6) is 0 Å². The van der Waals surface area contributed by atoms with Crippen LogP contribution in [0.1, 0.15) is 31.9 Å². The SMILES string of the molecule is CCOC(=O)C(C)=C(C)c1cccc(C#N)c1. The highest BCUT2D eigenvalue weighted by molar-refractivity contribution is 5.96. The molecule has 0 aliphatic heterocycles. The lowest BCUT2D eigenvalue weighted by molar-refractivity contribution is -0.138. The van der Waals surface area contributed by atoms with Gasteiger partial charge >= 0.3 is 5.97 Å². The minimum atomic E-state index is -0.313. The lowest BCUT2D eigenvalue weighted by atomic mass is 10.0. The maximum atomic E-state index is 11.6. The van der Waals surface area contributed by atoms with Gasteiger partial charge < -0.3 is 4.74 Å². The largest absolute Gasteiger partial charge is 0.463 e. The molecule has 1 aromatic rings. The topological polar surface area (TPSA) is 50.1 Å². The number of esters is 1. The van der Waals surface area contributed by atoms with Gasteiger partial charge in [0.05, 0.1) is 18.2 Å². The summed E-state index contributed by atoms with van der Waals surface area (Å²) in [5, 5.41) is 8.82. The van der Waals surface area contributed by atoms with Gasteiger partial charge in [-0.05, 0) is 44.0 Å². The first-order valence-corrected chi connectivity index (χ1v) is 5.45. The minimum Gasteiger partial charge on any atom is -0.463 e. The first-order valence-electron chi connectivity index (χ1n) is 5.45. The van der Waals surface area contributed by atoms with Crippen molar-refractivity contribution in [2.75, 3.05) is 6.61 Å². The highest BCUT2D eigenvalue weighted by Gasteiger charge is 2.10. The summed E-state index contributed by atoms with van der Waals surface area (Å²) in [6.45, 7) is 5.72. The smallest absolute Gasteiger partial charge is 0.333 e. The van der Waals surface area contributed by atoms with E-state index in [0.29, 0.717) is 17.7 Å². The van der Waals surface area contributed by atoms with E-state index in [2.05, 4.69) is 6.07 Å². The highest BCUT2D eigenvalue weighted by Crippen LogP contribution is 2.19. The Kier molecular flexibility index (Phi) is 4.47. The van der Waals surface area contributed by atoms with Crippen molar-refractivity contribution < 1.29 is 9.53 Å². The van der Waals surface area contributed by atoms with E-state index < -0.39 is 0 Å². The fourth-order valence-electron chi connectivity index (χ4n) is 1.43. The molecule has 0 amide bonds. The van der Waals surface area contributed by atoms with E-state index in [-0.39, 0.29) is 5.97 Å². The van der Waals surface area contributed by atoms with Crippen molar-refractivity contribution in [2.45, 2.75) is 20.8 Å². The fraction of sp³-hybridized carbons (Fsp3) is 0.286. The lowest BCUT2D eigenvalue weighted by Crippen LogP contribution is -2.06. The van der Waals surface area contributed by atoms with E-state index in [1.165, 1.54) is 0 Å². The third-order valence-corrected chi connectivity index (χ3v) is 2.57.